The van der Waals surface area contributed by atoms with Gasteiger partial charge in [-0.1, -0.05) is 206 Å². The molecule has 2 aliphatic heterocycles. The molecule has 12 rings (SSSR count). The molecule has 1 aromatic heterocycles. The molecule has 0 saturated heterocycles. The first kappa shape index (κ1) is 54.3. The second kappa shape index (κ2) is 19.1. The van der Waals surface area contributed by atoms with Gasteiger partial charge >= 0.3 is 0 Å². The lowest BCUT2D eigenvalue weighted by Gasteiger charge is -2.45. The van der Waals surface area contributed by atoms with Gasteiger partial charge in [0.1, 0.15) is 0 Å². The van der Waals surface area contributed by atoms with Crippen molar-refractivity contribution < 1.29 is 0 Å². The van der Waals surface area contributed by atoms with Crippen molar-refractivity contribution in [3.05, 3.63) is 215 Å². The van der Waals surface area contributed by atoms with E-state index in [1.54, 1.807) is 0 Å². The molecule has 0 N–H and O–H groups in total. The van der Waals surface area contributed by atoms with E-state index >= 15 is 0 Å². The molecule has 0 unspecified atom stereocenters. The van der Waals surface area contributed by atoms with Crippen molar-refractivity contribution in [3.8, 4) is 11.1 Å². The number of nitrogens with zero attached hydrogens (tertiary/aromatic N) is 3. The van der Waals surface area contributed by atoms with Crippen LogP contribution < -0.4 is 31.1 Å². The Morgan fingerprint density at radius 1 is 0.395 bits per heavy atom. The first-order valence-corrected chi connectivity index (χ1v) is 30.2. The van der Waals surface area contributed by atoms with Gasteiger partial charge in [0, 0.05) is 65.7 Å². The maximum atomic E-state index is 2.65. The molecule has 2 aliphatic rings. The van der Waals surface area contributed by atoms with E-state index in [-0.39, 0.29) is 33.8 Å². The third-order valence-electron chi connectivity index (χ3n) is 17.4. The molecule has 0 radical (unpaired) electrons. The molecule has 0 fully saturated rings. The number of benzene rings is 9. The first-order chi connectivity index (χ1) is 38.1. The van der Waals surface area contributed by atoms with E-state index in [2.05, 4.69) is 308 Å². The number of hydrogen-bond acceptors (Lipinski definition) is 4. The van der Waals surface area contributed by atoms with Gasteiger partial charge in [-0.2, -0.15) is 0 Å². The number of fused-ring (bicyclic) bond motifs is 7. The molecule has 5 heteroatoms. The predicted molar refractivity (Wildman–Crippen MR) is 356 cm³/mol. The number of aryl methyl sites for hydroxylation is 2. The summed E-state index contributed by atoms with van der Waals surface area (Å²) in [5.74, 6) is 0. The normalized spacial score (nSPS) is 13.7. The van der Waals surface area contributed by atoms with Crippen LogP contribution >= 0.6 is 11.3 Å². The Morgan fingerprint density at radius 3 is 1.35 bits per heavy atom. The van der Waals surface area contributed by atoms with Crippen molar-refractivity contribution in [2.45, 2.75) is 145 Å². The number of rotatable bonds is 6. The van der Waals surface area contributed by atoms with Crippen LogP contribution in [-0.2, 0) is 27.1 Å². The van der Waals surface area contributed by atoms with Crippen molar-refractivity contribution in [1.29, 1.82) is 0 Å². The van der Waals surface area contributed by atoms with Crippen LogP contribution in [0.5, 0.6) is 0 Å². The molecular weight excluding hydrogens is 998 g/mol. The molecule has 3 nitrogen and oxygen atoms in total. The Kier molecular flexibility index (Phi) is 12.8. The molecule has 0 saturated carbocycles. The molecule has 9 aromatic carbocycles. The molecule has 81 heavy (non-hydrogen) atoms. The van der Waals surface area contributed by atoms with Crippen molar-refractivity contribution >= 4 is 106 Å². The van der Waals surface area contributed by atoms with Crippen LogP contribution in [0, 0.1) is 13.8 Å². The van der Waals surface area contributed by atoms with Gasteiger partial charge in [0.05, 0.1) is 5.69 Å². The summed E-state index contributed by atoms with van der Waals surface area (Å²) in [5, 5.41) is 2.53. The van der Waals surface area contributed by atoms with Gasteiger partial charge in [-0.25, -0.2) is 0 Å². The first-order valence-electron chi connectivity index (χ1n) is 29.4. The Balaban J connectivity index is 1.22. The number of hydrogen-bond donors (Lipinski definition) is 0. The molecular formula is C76H80BN3S. The van der Waals surface area contributed by atoms with E-state index in [9.17, 15) is 0 Å². The Labute approximate surface area is 488 Å². The lowest BCUT2D eigenvalue weighted by molar-refractivity contribution is 0.590. The fraction of sp³-hybridized carbons (Fsp3) is 0.289. The van der Waals surface area contributed by atoms with Gasteiger partial charge in [-0.15, -0.1) is 11.3 Å². The fourth-order valence-electron chi connectivity index (χ4n) is 12.6. The number of thiophene rings is 1. The van der Waals surface area contributed by atoms with Crippen LogP contribution in [0.1, 0.15) is 143 Å². The molecule has 0 bridgehead atoms. The Morgan fingerprint density at radius 2 is 0.852 bits per heavy atom. The Hall–Kier alpha value is -7.34. The SMILES string of the molecule is Cc1ccc(C)c(-c2cc3c4c(c2)N(c2cc(N(c5ccc(C(C)(C)C)cc5)c5ccc(C(C)(C)C)cc5)c5c(c2)sc2ccccc25)c2ccc(C(C)(C)C)cc2B4c2cc(C(C)(C)C)ccc2N3c2ccc(C(C)(C)C)cc2)c1. The molecule has 0 amide bonds. The van der Waals surface area contributed by atoms with Crippen molar-refractivity contribution in [2.75, 3.05) is 14.7 Å². The largest absolute Gasteiger partial charge is 0.311 e. The summed E-state index contributed by atoms with van der Waals surface area (Å²) in [6, 6.07) is 69.0. The summed E-state index contributed by atoms with van der Waals surface area (Å²) in [6.45, 7) is 39.3. The van der Waals surface area contributed by atoms with E-state index in [4.69, 9.17) is 0 Å². The minimum Gasteiger partial charge on any atom is -0.311 e. The van der Waals surface area contributed by atoms with Gasteiger partial charge in [-0.3, -0.25) is 0 Å². The maximum Gasteiger partial charge on any atom is 0.252 e. The van der Waals surface area contributed by atoms with Crippen LogP contribution in [0.15, 0.2) is 176 Å². The highest BCUT2D eigenvalue weighted by atomic mass is 32.1. The predicted octanol–water partition coefficient (Wildman–Crippen LogP) is 20.4. The zero-order valence-corrected chi connectivity index (χ0v) is 51.9. The van der Waals surface area contributed by atoms with Crippen molar-refractivity contribution in [3.63, 3.8) is 0 Å². The van der Waals surface area contributed by atoms with E-state index in [0.717, 1.165) is 28.4 Å². The van der Waals surface area contributed by atoms with E-state index in [1.807, 2.05) is 11.3 Å². The zero-order valence-electron chi connectivity index (χ0n) is 51.1. The van der Waals surface area contributed by atoms with Crippen molar-refractivity contribution in [1.82, 2.24) is 0 Å². The van der Waals surface area contributed by atoms with Gasteiger partial charge < -0.3 is 14.7 Å². The summed E-state index contributed by atoms with van der Waals surface area (Å²) in [7, 11) is 0. The molecule has 0 spiro atoms. The summed E-state index contributed by atoms with van der Waals surface area (Å²) >= 11 is 1.90. The lowest BCUT2D eigenvalue weighted by atomic mass is 9.33. The molecule has 10 aromatic rings. The van der Waals surface area contributed by atoms with Crippen molar-refractivity contribution in [2.24, 2.45) is 0 Å². The summed E-state index contributed by atoms with van der Waals surface area (Å²) < 4.78 is 2.53. The summed E-state index contributed by atoms with van der Waals surface area (Å²) in [4.78, 5) is 7.79. The smallest absolute Gasteiger partial charge is 0.252 e. The highest BCUT2D eigenvalue weighted by molar-refractivity contribution is 7.26. The maximum absolute atomic E-state index is 2.65. The van der Waals surface area contributed by atoms with Gasteiger partial charge in [0.25, 0.3) is 6.71 Å². The highest BCUT2D eigenvalue weighted by Crippen LogP contribution is 2.52. The quantitative estimate of drug-likeness (QED) is 0.154. The van der Waals surface area contributed by atoms with Crippen LogP contribution in [0.25, 0.3) is 31.3 Å². The minimum absolute atomic E-state index is 0.00573. The monoisotopic (exact) mass is 1080 g/mol. The van der Waals surface area contributed by atoms with Gasteiger partial charge in [0.15, 0.2) is 0 Å². The Bertz CT molecular complexity index is 4030. The molecule has 3 heterocycles. The van der Waals surface area contributed by atoms with Crippen LogP contribution in [-0.4, -0.2) is 6.71 Å². The van der Waals surface area contributed by atoms with Gasteiger partial charge in [-0.05, 0) is 181 Å². The zero-order chi connectivity index (χ0) is 57.5. The fourth-order valence-corrected chi connectivity index (χ4v) is 13.7. The van der Waals surface area contributed by atoms with E-state index < -0.39 is 0 Å². The lowest BCUT2D eigenvalue weighted by Crippen LogP contribution is -2.61. The summed E-state index contributed by atoms with van der Waals surface area (Å²) in [6.07, 6.45) is 0. The topological polar surface area (TPSA) is 9.72 Å². The minimum atomic E-state index is -0.0875. The van der Waals surface area contributed by atoms with E-state index in [1.165, 1.54) is 109 Å². The highest BCUT2D eigenvalue weighted by Gasteiger charge is 2.45. The van der Waals surface area contributed by atoms with E-state index in [0.29, 0.717) is 0 Å². The number of anilines is 9. The molecule has 408 valence electrons. The standard InChI is InChI=1S/C76H80BN3S/c1-47-22-23-48(2)60(40-47)49-41-66-71-67(42-49)80(64-39-31-54(76(15,16)17)44-62(64)77(71)61-43-53(75(12,13)14)30-38-63(61)79(66)57-36-28-52(29-37-57)74(9,10)11)58-45-65(70-59-20-18-19-21-68(59)81-69(70)46-58)78(55-32-24-50(25-33-55)72(3,4)5)56-34-26-51(27-35-56)73(6,7)8/h18-46H,1-17H3. The second-order valence-electron chi connectivity index (χ2n) is 28.6. The summed E-state index contributed by atoms with van der Waals surface area (Å²) in [5.41, 5.74) is 26.0. The molecule has 0 atom stereocenters. The average Bonchev–Trinajstić information content (AvgIpc) is 1.72. The van der Waals surface area contributed by atoms with Crippen LogP contribution in [0.4, 0.5) is 51.2 Å². The third kappa shape index (κ3) is 9.58. The van der Waals surface area contributed by atoms with Crippen LogP contribution in [0.3, 0.4) is 0 Å². The third-order valence-corrected chi connectivity index (χ3v) is 18.5. The second-order valence-corrected chi connectivity index (χ2v) is 29.6. The van der Waals surface area contributed by atoms with Gasteiger partial charge in [0.2, 0.25) is 0 Å². The average molecular weight is 1080 g/mol. The molecule has 0 aliphatic carbocycles. The van der Waals surface area contributed by atoms with Crippen LogP contribution in [0.2, 0.25) is 0 Å².